The minimum absolute atomic E-state index is 0.0131. The quantitative estimate of drug-likeness (QED) is 0.727. The molecule has 3 aromatic rings. The first-order valence-corrected chi connectivity index (χ1v) is 5.93. The molecule has 0 spiro atoms. The van der Waals surface area contributed by atoms with Crippen LogP contribution in [0.15, 0.2) is 42.7 Å². The van der Waals surface area contributed by atoms with E-state index < -0.39 is 5.91 Å². The van der Waals surface area contributed by atoms with Gasteiger partial charge in [0.15, 0.2) is 5.69 Å². The standard InChI is InChI=1S/C14H11N5O/c15-11-10-5-1-4-9(8-3-2-6-17-7-8)12(10)18-19-13(11)14(16)20/h1-7H,(H2,15,18)(H2,16,20). The first-order valence-electron chi connectivity index (χ1n) is 5.93. The normalized spacial score (nSPS) is 10.6. The van der Waals surface area contributed by atoms with Crippen LogP contribution in [-0.2, 0) is 0 Å². The molecule has 6 nitrogen and oxygen atoms in total. The van der Waals surface area contributed by atoms with E-state index in [0.717, 1.165) is 11.1 Å². The van der Waals surface area contributed by atoms with Crippen molar-refractivity contribution in [1.29, 1.82) is 0 Å². The fourth-order valence-corrected chi connectivity index (χ4v) is 2.09. The number of primary amides is 1. The molecular weight excluding hydrogens is 254 g/mol. The molecule has 2 aromatic heterocycles. The van der Waals surface area contributed by atoms with Crippen molar-refractivity contribution in [2.45, 2.75) is 0 Å². The topological polar surface area (TPSA) is 108 Å². The van der Waals surface area contributed by atoms with Gasteiger partial charge >= 0.3 is 0 Å². The Balaban J connectivity index is 2.32. The fraction of sp³-hybridized carbons (Fsp3) is 0. The molecule has 0 radical (unpaired) electrons. The van der Waals surface area contributed by atoms with E-state index in [-0.39, 0.29) is 11.4 Å². The largest absolute Gasteiger partial charge is 0.396 e. The van der Waals surface area contributed by atoms with Gasteiger partial charge in [0.25, 0.3) is 5.91 Å². The lowest BCUT2D eigenvalue weighted by molar-refractivity contribution is 0.0996. The van der Waals surface area contributed by atoms with E-state index in [9.17, 15) is 4.79 Å². The van der Waals surface area contributed by atoms with Gasteiger partial charge in [-0.2, -0.15) is 0 Å². The van der Waals surface area contributed by atoms with Crippen molar-refractivity contribution < 1.29 is 4.79 Å². The van der Waals surface area contributed by atoms with Crippen molar-refractivity contribution in [2.75, 3.05) is 5.73 Å². The Kier molecular flexibility index (Phi) is 2.76. The molecule has 4 N–H and O–H groups in total. The molecule has 0 aliphatic carbocycles. The van der Waals surface area contributed by atoms with Gasteiger partial charge in [-0.05, 0) is 6.07 Å². The van der Waals surface area contributed by atoms with Gasteiger partial charge < -0.3 is 11.5 Å². The number of carbonyl (C=O) groups is 1. The van der Waals surface area contributed by atoms with Crippen LogP contribution >= 0.6 is 0 Å². The molecule has 0 fully saturated rings. The number of carbonyl (C=O) groups excluding carboxylic acids is 1. The molecule has 0 saturated carbocycles. The first-order chi connectivity index (χ1) is 9.68. The van der Waals surface area contributed by atoms with Gasteiger partial charge in [0.05, 0.1) is 5.69 Å². The molecule has 1 amide bonds. The molecule has 0 unspecified atom stereocenters. The number of nitrogens with two attached hydrogens (primary N) is 2. The van der Waals surface area contributed by atoms with E-state index in [1.807, 2.05) is 24.3 Å². The van der Waals surface area contributed by atoms with Crippen LogP contribution in [-0.4, -0.2) is 21.1 Å². The van der Waals surface area contributed by atoms with Crippen LogP contribution < -0.4 is 11.5 Å². The fourth-order valence-electron chi connectivity index (χ4n) is 2.09. The van der Waals surface area contributed by atoms with Crippen molar-refractivity contribution in [2.24, 2.45) is 5.73 Å². The highest BCUT2D eigenvalue weighted by Crippen LogP contribution is 2.29. The summed E-state index contributed by atoms with van der Waals surface area (Å²) in [5.74, 6) is -0.691. The van der Waals surface area contributed by atoms with E-state index in [2.05, 4.69) is 15.2 Å². The molecule has 6 heteroatoms. The van der Waals surface area contributed by atoms with Crippen molar-refractivity contribution in [1.82, 2.24) is 15.2 Å². The SMILES string of the molecule is NC(=O)c1nnc2c(-c3cccnc3)cccc2c1N. The molecule has 98 valence electrons. The molecule has 3 rings (SSSR count). The molecule has 0 aliphatic rings. The third-order valence-electron chi connectivity index (χ3n) is 3.04. The monoisotopic (exact) mass is 265 g/mol. The predicted octanol–water partition coefficient (Wildman–Crippen LogP) is 1.37. The summed E-state index contributed by atoms with van der Waals surface area (Å²) in [5, 5.41) is 8.55. The Morgan fingerprint density at radius 3 is 2.65 bits per heavy atom. The molecule has 0 aliphatic heterocycles. The van der Waals surface area contributed by atoms with Crippen LogP contribution in [0.3, 0.4) is 0 Å². The zero-order chi connectivity index (χ0) is 14.1. The number of hydrogen-bond donors (Lipinski definition) is 2. The van der Waals surface area contributed by atoms with Crippen LogP contribution in [0.1, 0.15) is 10.5 Å². The molecule has 20 heavy (non-hydrogen) atoms. The smallest absolute Gasteiger partial charge is 0.271 e. The molecule has 1 aromatic carbocycles. The van der Waals surface area contributed by atoms with Crippen LogP contribution in [0.25, 0.3) is 22.0 Å². The number of amides is 1. The summed E-state index contributed by atoms with van der Waals surface area (Å²) in [6.45, 7) is 0. The molecule has 0 atom stereocenters. The van der Waals surface area contributed by atoms with Crippen LogP contribution in [0.2, 0.25) is 0 Å². The van der Waals surface area contributed by atoms with Crippen molar-refractivity contribution in [3.63, 3.8) is 0 Å². The lowest BCUT2D eigenvalue weighted by atomic mass is 10.0. The Morgan fingerprint density at radius 2 is 1.95 bits per heavy atom. The first kappa shape index (κ1) is 12.0. The van der Waals surface area contributed by atoms with E-state index in [1.54, 1.807) is 18.5 Å². The Hall–Kier alpha value is -3.02. The van der Waals surface area contributed by atoms with E-state index in [0.29, 0.717) is 10.9 Å². The summed E-state index contributed by atoms with van der Waals surface area (Å²) < 4.78 is 0. The number of fused-ring (bicyclic) bond motifs is 1. The Labute approximate surface area is 114 Å². The van der Waals surface area contributed by atoms with Gasteiger partial charge in [-0.1, -0.05) is 24.3 Å². The minimum atomic E-state index is -0.691. The summed E-state index contributed by atoms with van der Waals surface area (Å²) in [4.78, 5) is 15.3. The van der Waals surface area contributed by atoms with Crippen molar-refractivity contribution >= 4 is 22.5 Å². The van der Waals surface area contributed by atoms with Gasteiger partial charge in [0, 0.05) is 28.9 Å². The predicted molar refractivity (Wildman–Crippen MR) is 75.7 cm³/mol. The molecule has 0 saturated heterocycles. The third kappa shape index (κ3) is 1.83. The lowest BCUT2D eigenvalue weighted by Gasteiger charge is -2.08. The Morgan fingerprint density at radius 1 is 1.10 bits per heavy atom. The average Bonchev–Trinajstić information content (AvgIpc) is 2.48. The zero-order valence-electron chi connectivity index (χ0n) is 10.4. The van der Waals surface area contributed by atoms with Crippen molar-refractivity contribution in [3.05, 3.63) is 48.4 Å². The number of anilines is 1. The molecule has 0 bridgehead atoms. The molecular formula is C14H11N5O. The number of nitrogen functional groups attached to an aromatic ring is 1. The van der Waals surface area contributed by atoms with Gasteiger partial charge in [-0.25, -0.2) is 0 Å². The second-order valence-electron chi connectivity index (χ2n) is 4.27. The maximum absolute atomic E-state index is 11.3. The maximum atomic E-state index is 11.3. The van der Waals surface area contributed by atoms with E-state index in [4.69, 9.17) is 11.5 Å². The number of benzene rings is 1. The average molecular weight is 265 g/mol. The van der Waals surface area contributed by atoms with Gasteiger partial charge in [0.1, 0.15) is 5.52 Å². The Bertz CT molecular complexity index is 801. The van der Waals surface area contributed by atoms with Crippen LogP contribution in [0, 0.1) is 0 Å². The van der Waals surface area contributed by atoms with Gasteiger partial charge in [-0.3, -0.25) is 9.78 Å². The second kappa shape index (κ2) is 4.58. The van der Waals surface area contributed by atoms with Gasteiger partial charge in [-0.15, -0.1) is 10.2 Å². The van der Waals surface area contributed by atoms with Crippen LogP contribution in [0.5, 0.6) is 0 Å². The second-order valence-corrected chi connectivity index (χ2v) is 4.27. The summed E-state index contributed by atoms with van der Waals surface area (Å²) in [5.41, 5.74) is 13.8. The van der Waals surface area contributed by atoms with Crippen LogP contribution in [0.4, 0.5) is 5.69 Å². The maximum Gasteiger partial charge on any atom is 0.271 e. The highest BCUT2D eigenvalue weighted by Gasteiger charge is 2.14. The number of hydrogen-bond acceptors (Lipinski definition) is 5. The highest BCUT2D eigenvalue weighted by molar-refractivity contribution is 6.06. The van der Waals surface area contributed by atoms with Crippen molar-refractivity contribution in [3.8, 4) is 11.1 Å². The summed E-state index contributed by atoms with van der Waals surface area (Å²) in [7, 11) is 0. The van der Waals surface area contributed by atoms with E-state index >= 15 is 0 Å². The summed E-state index contributed by atoms with van der Waals surface area (Å²) in [6, 6.07) is 9.28. The number of nitrogens with zero attached hydrogens (tertiary/aromatic N) is 3. The zero-order valence-corrected chi connectivity index (χ0v) is 10.4. The number of pyridine rings is 1. The number of aromatic nitrogens is 3. The third-order valence-corrected chi connectivity index (χ3v) is 3.04. The summed E-state index contributed by atoms with van der Waals surface area (Å²) >= 11 is 0. The summed E-state index contributed by atoms with van der Waals surface area (Å²) in [6.07, 6.45) is 3.43. The van der Waals surface area contributed by atoms with E-state index in [1.165, 1.54) is 0 Å². The minimum Gasteiger partial charge on any atom is -0.396 e. The molecule has 2 heterocycles. The highest BCUT2D eigenvalue weighted by atomic mass is 16.1. The number of rotatable bonds is 2. The van der Waals surface area contributed by atoms with Gasteiger partial charge in [0.2, 0.25) is 0 Å². The lowest BCUT2D eigenvalue weighted by Crippen LogP contribution is -2.16.